The van der Waals surface area contributed by atoms with E-state index in [0.29, 0.717) is 5.56 Å². The van der Waals surface area contributed by atoms with Crippen LogP contribution in [0.1, 0.15) is 53.2 Å². The molecule has 2 aliphatic rings. The summed E-state index contributed by atoms with van der Waals surface area (Å²) in [6, 6.07) is 16.4. The molecule has 0 saturated carbocycles. The lowest BCUT2D eigenvalue weighted by atomic mass is 9.87. The van der Waals surface area contributed by atoms with Crippen molar-refractivity contribution >= 4 is 17.7 Å². The maximum atomic E-state index is 13.2. The Morgan fingerprint density at radius 1 is 0.967 bits per heavy atom. The predicted octanol–water partition coefficient (Wildman–Crippen LogP) is 3.82. The number of methoxy groups -OCH3 is 1. The molecule has 6 heteroatoms. The van der Waals surface area contributed by atoms with E-state index in [2.05, 4.69) is 33.7 Å². The van der Waals surface area contributed by atoms with Crippen LogP contribution in [0.15, 0.2) is 48.5 Å². The quantitative estimate of drug-likeness (QED) is 0.808. The Morgan fingerprint density at radius 3 is 2.50 bits per heavy atom. The van der Waals surface area contributed by atoms with Crippen LogP contribution in [0.5, 0.6) is 0 Å². The molecule has 1 unspecified atom stereocenters. The molecular weight excluding hydrogens is 378 g/mol. The topological polar surface area (TPSA) is 70.7 Å². The van der Waals surface area contributed by atoms with Crippen molar-refractivity contribution < 1.29 is 14.3 Å². The van der Waals surface area contributed by atoms with Crippen molar-refractivity contribution in [2.75, 3.05) is 25.1 Å². The Hall–Kier alpha value is -3.02. The van der Waals surface area contributed by atoms with E-state index in [9.17, 15) is 9.59 Å². The minimum Gasteiger partial charge on any atom is -0.453 e. The van der Waals surface area contributed by atoms with Crippen LogP contribution in [0.2, 0.25) is 0 Å². The van der Waals surface area contributed by atoms with Crippen LogP contribution in [-0.4, -0.2) is 38.2 Å². The Balaban J connectivity index is 1.45. The molecule has 1 heterocycles. The summed E-state index contributed by atoms with van der Waals surface area (Å²) in [7, 11) is 1.38. The van der Waals surface area contributed by atoms with Gasteiger partial charge in [0.1, 0.15) is 0 Å². The molecule has 1 saturated heterocycles. The lowest BCUT2D eigenvalue weighted by molar-refractivity contribution is 0.0933. The number of carbonyl (C=O) groups excluding carboxylic acids is 2. The average molecular weight is 408 g/mol. The minimum atomic E-state index is -0.388. The zero-order valence-electron chi connectivity index (χ0n) is 17.4. The summed E-state index contributed by atoms with van der Waals surface area (Å²) in [5.74, 6) is -0.0258. The number of benzene rings is 2. The fourth-order valence-electron chi connectivity index (χ4n) is 4.57. The maximum Gasteiger partial charge on any atom is 0.407 e. The molecule has 1 atom stereocenters. The molecule has 4 rings (SSSR count). The highest BCUT2D eigenvalue weighted by Crippen LogP contribution is 2.31. The molecule has 0 spiro atoms. The number of rotatable bonds is 4. The molecule has 30 heavy (non-hydrogen) atoms. The van der Waals surface area contributed by atoms with Crippen molar-refractivity contribution in [3.8, 4) is 0 Å². The van der Waals surface area contributed by atoms with Crippen LogP contribution in [-0.2, 0) is 11.2 Å². The van der Waals surface area contributed by atoms with E-state index < -0.39 is 0 Å². The normalized spacial score (nSPS) is 19.0. The average Bonchev–Trinajstić information content (AvgIpc) is 2.80. The first-order chi connectivity index (χ1) is 14.7. The van der Waals surface area contributed by atoms with Crippen molar-refractivity contribution in [2.24, 2.45) is 0 Å². The molecule has 0 radical (unpaired) electrons. The standard InChI is InChI=1S/C24H29N3O3/c1-30-24(29)25-18-13-15-27(16-14-18)22-12-5-4-10-20(22)23(28)26-21-11-6-8-17-7-2-3-9-19(17)21/h2-5,7,9-10,12,18,21H,6,8,11,13-16H2,1H3,(H,25,29)(H,26,28). The van der Waals surface area contributed by atoms with Gasteiger partial charge in [-0.15, -0.1) is 0 Å². The predicted molar refractivity (Wildman–Crippen MR) is 117 cm³/mol. The molecule has 0 aromatic heterocycles. The number of alkyl carbamates (subject to hydrolysis) is 1. The SMILES string of the molecule is COC(=O)NC1CCN(c2ccccc2C(=O)NC2CCCc3ccccc32)CC1. The van der Waals surface area contributed by atoms with E-state index in [-0.39, 0.29) is 24.1 Å². The van der Waals surface area contributed by atoms with Gasteiger partial charge in [0, 0.05) is 24.8 Å². The Kier molecular flexibility index (Phi) is 6.21. The Morgan fingerprint density at radius 2 is 1.70 bits per heavy atom. The summed E-state index contributed by atoms with van der Waals surface area (Å²) in [5, 5.41) is 6.15. The van der Waals surface area contributed by atoms with Gasteiger partial charge in [-0.3, -0.25) is 4.79 Å². The minimum absolute atomic E-state index is 0.0258. The number of aryl methyl sites for hydroxylation is 1. The van der Waals surface area contributed by atoms with Gasteiger partial charge in [0.2, 0.25) is 0 Å². The van der Waals surface area contributed by atoms with Crippen LogP contribution in [0, 0.1) is 0 Å². The third kappa shape index (κ3) is 4.42. The van der Waals surface area contributed by atoms with Gasteiger partial charge in [0.25, 0.3) is 5.91 Å². The maximum absolute atomic E-state index is 13.2. The van der Waals surface area contributed by atoms with Crippen LogP contribution < -0.4 is 15.5 Å². The molecule has 1 aliphatic heterocycles. The number of hydrogen-bond donors (Lipinski definition) is 2. The van der Waals surface area contributed by atoms with E-state index in [0.717, 1.165) is 50.9 Å². The zero-order chi connectivity index (χ0) is 20.9. The number of nitrogens with zero attached hydrogens (tertiary/aromatic N) is 1. The molecule has 2 aromatic carbocycles. The number of anilines is 1. The summed E-state index contributed by atoms with van der Waals surface area (Å²) >= 11 is 0. The number of nitrogens with one attached hydrogen (secondary N) is 2. The number of para-hydroxylation sites is 1. The number of carbonyl (C=O) groups is 2. The van der Waals surface area contributed by atoms with E-state index in [4.69, 9.17) is 4.74 Å². The van der Waals surface area contributed by atoms with Gasteiger partial charge in [0.15, 0.2) is 0 Å². The summed E-state index contributed by atoms with van der Waals surface area (Å²) < 4.78 is 4.70. The molecule has 2 amide bonds. The first kappa shape index (κ1) is 20.3. The van der Waals surface area contributed by atoms with E-state index in [1.807, 2.05) is 30.3 Å². The number of ether oxygens (including phenoxy) is 1. The van der Waals surface area contributed by atoms with Crippen molar-refractivity contribution in [1.29, 1.82) is 0 Å². The first-order valence-corrected chi connectivity index (χ1v) is 10.7. The molecule has 2 N–H and O–H groups in total. The van der Waals surface area contributed by atoms with Crippen LogP contribution >= 0.6 is 0 Å². The van der Waals surface area contributed by atoms with Gasteiger partial charge < -0.3 is 20.3 Å². The van der Waals surface area contributed by atoms with E-state index >= 15 is 0 Å². The number of hydrogen-bond acceptors (Lipinski definition) is 4. The monoisotopic (exact) mass is 407 g/mol. The van der Waals surface area contributed by atoms with Crippen LogP contribution in [0.4, 0.5) is 10.5 Å². The summed E-state index contributed by atoms with van der Waals surface area (Å²) in [6.45, 7) is 1.57. The second-order valence-electron chi connectivity index (χ2n) is 8.03. The third-order valence-corrected chi connectivity index (χ3v) is 6.17. The summed E-state index contributed by atoms with van der Waals surface area (Å²) in [5.41, 5.74) is 4.24. The smallest absolute Gasteiger partial charge is 0.407 e. The molecule has 2 aromatic rings. The fourth-order valence-corrected chi connectivity index (χ4v) is 4.57. The van der Waals surface area contributed by atoms with Crippen molar-refractivity contribution in [3.63, 3.8) is 0 Å². The van der Waals surface area contributed by atoms with Crippen molar-refractivity contribution in [1.82, 2.24) is 10.6 Å². The Labute approximate surface area is 177 Å². The largest absolute Gasteiger partial charge is 0.453 e. The van der Waals surface area contributed by atoms with Crippen LogP contribution in [0.3, 0.4) is 0 Å². The third-order valence-electron chi connectivity index (χ3n) is 6.17. The summed E-state index contributed by atoms with van der Waals surface area (Å²) in [6.07, 6.45) is 4.39. The van der Waals surface area contributed by atoms with Crippen LogP contribution in [0.25, 0.3) is 0 Å². The number of amides is 2. The van der Waals surface area contributed by atoms with Gasteiger partial charge in [-0.25, -0.2) is 4.79 Å². The van der Waals surface area contributed by atoms with Crippen molar-refractivity contribution in [2.45, 2.75) is 44.2 Å². The lowest BCUT2D eigenvalue weighted by Crippen LogP contribution is -2.45. The molecule has 1 fully saturated rings. The van der Waals surface area contributed by atoms with E-state index in [1.54, 1.807) is 0 Å². The van der Waals surface area contributed by atoms with Gasteiger partial charge in [-0.1, -0.05) is 36.4 Å². The highest BCUT2D eigenvalue weighted by Gasteiger charge is 2.26. The van der Waals surface area contributed by atoms with E-state index in [1.165, 1.54) is 18.2 Å². The number of piperidine rings is 1. The molecule has 158 valence electrons. The van der Waals surface area contributed by atoms with Gasteiger partial charge in [0.05, 0.1) is 18.7 Å². The molecule has 6 nitrogen and oxygen atoms in total. The zero-order valence-corrected chi connectivity index (χ0v) is 17.4. The second kappa shape index (κ2) is 9.20. The van der Waals surface area contributed by atoms with Gasteiger partial charge in [-0.05, 0) is 55.4 Å². The number of fused-ring (bicyclic) bond motifs is 1. The van der Waals surface area contributed by atoms with Gasteiger partial charge in [-0.2, -0.15) is 0 Å². The molecule has 0 bridgehead atoms. The first-order valence-electron chi connectivity index (χ1n) is 10.7. The van der Waals surface area contributed by atoms with Gasteiger partial charge >= 0.3 is 6.09 Å². The highest BCUT2D eigenvalue weighted by atomic mass is 16.5. The molecular formula is C24H29N3O3. The summed E-state index contributed by atoms with van der Waals surface area (Å²) in [4.78, 5) is 26.9. The second-order valence-corrected chi connectivity index (χ2v) is 8.03. The Bertz CT molecular complexity index is 906. The molecule has 1 aliphatic carbocycles. The lowest BCUT2D eigenvalue weighted by Gasteiger charge is -2.35. The van der Waals surface area contributed by atoms with Crippen molar-refractivity contribution in [3.05, 3.63) is 65.2 Å². The fraction of sp³-hybridized carbons (Fsp3) is 0.417. The highest BCUT2D eigenvalue weighted by molar-refractivity contribution is 6.00.